The van der Waals surface area contributed by atoms with E-state index < -0.39 is 11.3 Å². The molecule has 2 rings (SSSR count). The molecule has 0 N–H and O–H groups in total. The topological polar surface area (TPSA) is 26.3 Å². The molecule has 0 saturated heterocycles. The maximum atomic E-state index is 11.9. The van der Waals surface area contributed by atoms with E-state index in [0.717, 1.165) is 17.5 Å². The largest absolute Gasteiger partial charge is 0.425 e. The monoisotopic (exact) mass is 384 g/mol. The lowest BCUT2D eigenvalue weighted by Gasteiger charge is -2.12. The van der Waals surface area contributed by atoms with Crippen molar-refractivity contribution in [1.29, 1.82) is 0 Å². The third-order valence-electron chi connectivity index (χ3n) is 4.41. The molecule has 144 valence electrons. The lowest BCUT2D eigenvalue weighted by Crippen LogP contribution is -2.25. The zero-order chi connectivity index (χ0) is 19.6. The molecule has 0 aliphatic carbocycles. The molecule has 0 aromatic heterocycles. The Morgan fingerprint density at radius 1 is 1.00 bits per heavy atom. The van der Waals surface area contributed by atoms with Gasteiger partial charge in [0.15, 0.2) is 0 Å². The molecule has 0 heterocycles. The summed E-state index contributed by atoms with van der Waals surface area (Å²) in [5.74, 6) is 0.147. The van der Waals surface area contributed by atoms with Crippen molar-refractivity contribution in [2.24, 2.45) is 5.92 Å². The number of esters is 1. The van der Waals surface area contributed by atoms with Crippen LogP contribution in [0.15, 0.2) is 54.6 Å². The van der Waals surface area contributed by atoms with Crippen molar-refractivity contribution in [1.82, 2.24) is 0 Å². The number of hydrogen-bond donors (Lipinski definition) is 0. The molecule has 1 atom stereocenters. The molecule has 0 aliphatic heterocycles. The van der Waals surface area contributed by atoms with Gasteiger partial charge in [0.05, 0.1) is 0 Å². The Hall–Kier alpha value is -2.06. The smallest absolute Gasteiger partial charge is 0.329 e. The van der Waals surface area contributed by atoms with E-state index in [1.165, 1.54) is 24.8 Å². The number of alkyl halides is 1. The predicted octanol–water partition coefficient (Wildman–Crippen LogP) is 7.12. The fraction of sp³-hybridized carbons (Fsp3) is 0.375. The number of carbonyl (C=O) groups excluding carboxylic acids is 1. The summed E-state index contributed by atoms with van der Waals surface area (Å²) < 4.78 is 5.34. The Morgan fingerprint density at radius 3 is 2.15 bits per heavy atom. The van der Waals surface area contributed by atoms with Crippen LogP contribution in [-0.4, -0.2) is 11.3 Å². The third kappa shape index (κ3) is 6.88. The molecule has 0 aliphatic rings. The second-order valence-electron chi connectivity index (χ2n) is 7.11. The van der Waals surface area contributed by atoms with E-state index in [-0.39, 0.29) is 5.92 Å². The van der Waals surface area contributed by atoms with Gasteiger partial charge in [0.25, 0.3) is 0 Å². The van der Waals surface area contributed by atoms with Crippen LogP contribution in [0.4, 0.5) is 0 Å². The molecule has 2 nitrogen and oxygen atoms in total. The minimum atomic E-state index is -0.632. The van der Waals surface area contributed by atoms with Gasteiger partial charge in [0.1, 0.15) is 11.1 Å². The molecule has 1 unspecified atom stereocenters. The van der Waals surface area contributed by atoms with E-state index in [2.05, 4.69) is 43.3 Å². The highest BCUT2D eigenvalue weighted by Gasteiger charge is 2.21. The van der Waals surface area contributed by atoms with Crippen LogP contribution in [0.2, 0.25) is 0 Å². The van der Waals surface area contributed by atoms with Gasteiger partial charge >= 0.3 is 5.97 Å². The Balaban J connectivity index is 1.95. The van der Waals surface area contributed by atoms with Crippen molar-refractivity contribution in [2.45, 2.75) is 51.8 Å². The normalized spacial score (nSPS) is 12.5. The van der Waals surface area contributed by atoms with Crippen LogP contribution < -0.4 is 4.74 Å². The van der Waals surface area contributed by atoms with Crippen molar-refractivity contribution in [3.05, 3.63) is 60.2 Å². The first-order valence-electron chi connectivity index (χ1n) is 9.74. The molecule has 2 aromatic rings. The molecule has 0 spiro atoms. The number of allylic oxidation sites excluding steroid dienone is 1. The summed E-state index contributed by atoms with van der Waals surface area (Å²) in [4.78, 5) is 11.9. The van der Waals surface area contributed by atoms with Crippen LogP contribution in [0.5, 0.6) is 5.75 Å². The number of carbonyl (C=O) groups is 1. The minimum absolute atomic E-state index is 0.0395. The molecule has 0 amide bonds. The van der Waals surface area contributed by atoms with E-state index in [4.69, 9.17) is 16.3 Å². The molecule has 0 saturated carbocycles. The molecule has 0 fully saturated rings. The van der Waals surface area contributed by atoms with Crippen molar-refractivity contribution < 1.29 is 9.53 Å². The fourth-order valence-corrected chi connectivity index (χ4v) is 2.72. The van der Waals surface area contributed by atoms with Gasteiger partial charge in [-0.3, -0.25) is 4.79 Å². The van der Waals surface area contributed by atoms with E-state index in [0.29, 0.717) is 5.75 Å². The number of benzene rings is 2. The lowest BCUT2D eigenvalue weighted by atomic mass is 10.0. The van der Waals surface area contributed by atoms with E-state index >= 15 is 0 Å². The highest BCUT2D eigenvalue weighted by Crippen LogP contribution is 2.24. The summed E-state index contributed by atoms with van der Waals surface area (Å²) in [5, 5.41) is -0.632. The quantitative estimate of drug-likeness (QED) is 0.199. The van der Waals surface area contributed by atoms with Crippen molar-refractivity contribution in [2.75, 3.05) is 0 Å². The van der Waals surface area contributed by atoms with Crippen LogP contribution in [0.3, 0.4) is 0 Å². The molecule has 3 heteroatoms. The Kier molecular flexibility index (Phi) is 8.60. The second-order valence-corrected chi connectivity index (χ2v) is 7.58. The molecular formula is C24H29ClO2. The lowest BCUT2D eigenvalue weighted by molar-refractivity contribution is -0.134. The van der Waals surface area contributed by atoms with Gasteiger partial charge < -0.3 is 4.74 Å². The Morgan fingerprint density at radius 2 is 1.59 bits per heavy atom. The van der Waals surface area contributed by atoms with Crippen LogP contribution in [0.1, 0.15) is 52.0 Å². The van der Waals surface area contributed by atoms with Gasteiger partial charge in [-0.2, -0.15) is 0 Å². The van der Waals surface area contributed by atoms with Crippen molar-refractivity contribution in [3.8, 4) is 16.9 Å². The zero-order valence-corrected chi connectivity index (χ0v) is 17.2. The maximum absolute atomic E-state index is 11.9. The first-order valence-corrected chi connectivity index (χ1v) is 10.2. The van der Waals surface area contributed by atoms with E-state index in [9.17, 15) is 4.79 Å². The SMILES string of the molecule is CCCCCC=Cc1ccc(-c2ccc(OC(=O)C(Cl)C(C)C)cc2)cc1. The summed E-state index contributed by atoms with van der Waals surface area (Å²) in [6, 6.07) is 16.0. The highest BCUT2D eigenvalue weighted by molar-refractivity contribution is 6.30. The molecule has 2 aromatic carbocycles. The van der Waals surface area contributed by atoms with Gasteiger partial charge in [-0.05, 0) is 47.6 Å². The van der Waals surface area contributed by atoms with Crippen molar-refractivity contribution >= 4 is 23.6 Å². The highest BCUT2D eigenvalue weighted by atomic mass is 35.5. The van der Waals surface area contributed by atoms with Gasteiger partial charge in [-0.15, -0.1) is 11.6 Å². The number of ether oxygens (including phenoxy) is 1. The number of halogens is 1. The average molecular weight is 385 g/mol. The second kappa shape index (κ2) is 10.9. The number of hydrogen-bond acceptors (Lipinski definition) is 2. The maximum Gasteiger partial charge on any atom is 0.329 e. The Bertz CT molecular complexity index is 730. The predicted molar refractivity (Wildman–Crippen MR) is 115 cm³/mol. The number of unbranched alkanes of at least 4 members (excludes halogenated alkanes) is 3. The summed E-state index contributed by atoms with van der Waals surface area (Å²) in [7, 11) is 0. The van der Waals surface area contributed by atoms with Crippen LogP contribution in [-0.2, 0) is 4.79 Å². The van der Waals surface area contributed by atoms with E-state index in [1.54, 1.807) is 12.1 Å². The summed E-state index contributed by atoms with van der Waals surface area (Å²) in [5.41, 5.74) is 3.43. The van der Waals surface area contributed by atoms with E-state index in [1.807, 2.05) is 26.0 Å². The van der Waals surface area contributed by atoms with Gasteiger partial charge in [0, 0.05) is 0 Å². The first kappa shape index (κ1) is 21.2. The van der Waals surface area contributed by atoms with Gasteiger partial charge in [-0.1, -0.05) is 82.2 Å². The fourth-order valence-electron chi connectivity index (χ4n) is 2.68. The molecular weight excluding hydrogens is 356 g/mol. The minimum Gasteiger partial charge on any atom is -0.425 e. The third-order valence-corrected chi connectivity index (χ3v) is 5.09. The van der Waals surface area contributed by atoms with Crippen molar-refractivity contribution in [3.63, 3.8) is 0 Å². The van der Waals surface area contributed by atoms with Crippen LogP contribution in [0, 0.1) is 5.92 Å². The summed E-state index contributed by atoms with van der Waals surface area (Å²) in [6.07, 6.45) is 9.36. The number of rotatable bonds is 9. The van der Waals surface area contributed by atoms with Gasteiger partial charge in [0.2, 0.25) is 0 Å². The average Bonchev–Trinajstić information content (AvgIpc) is 2.68. The molecule has 27 heavy (non-hydrogen) atoms. The standard InChI is InChI=1S/C24H29ClO2/c1-4-5-6-7-8-9-19-10-12-20(13-11-19)21-14-16-22(17-15-21)27-24(26)23(25)18(2)3/h8-18,23H,4-7H2,1-3H3. The van der Waals surface area contributed by atoms with Gasteiger partial charge in [-0.25, -0.2) is 0 Å². The molecule has 0 radical (unpaired) electrons. The Labute approximate surface area is 168 Å². The van der Waals surface area contributed by atoms with Crippen LogP contribution in [0.25, 0.3) is 17.2 Å². The summed E-state index contributed by atoms with van der Waals surface area (Å²) in [6.45, 7) is 6.01. The zero-order valence-electron chi connectivity index (χ0n) is 16.5. The van der Waals surface area contributed by atoms with Crippen LogP contribution >= 0.6 is 11.6 Å². The molecule has 0 bridgehead atoms. The summed E-state index contributed by atoms with van der Waals surface area (Å²) >= 11 is 6.04. The first-order chi connectivity index (χ1) is 13.0.